The topological polar surface area (TPSA) is 35.5 Å². The normalized spacial score (nSPS) is 16.5. The van der Waals surface area contributed by atoms with Gasteiger partial charge < -0.3 is 14.3 Å². The van der Waals surface area contributed by atoms with E-state index in [1.165, 1.54) is 7.11 Å². The van der Waals surface area contributed by atoms with Gasteiger partial charge in [-0.25, -0.2) is 0 Å². The highest BCUT2D eigenvalue weighted by Crippen LogP contribution is 2.24. The zero-order valence-corrected chi connectivity index (χ0v) is 9.08. The standard InChI is InChI=1S/C11H18O3/c1-5-7-11(14-4,8-6-2)10(9-12)13-3/h7,9-10H,1,6,8H2,2-4H3. The first-order valence-electron chi connectivity index (χ1n) is 4.61. The van der Waals surface area contributed by atoms with Crippen molar-refractivity contribution in [2.75, 3.05) is 14.2 Å². The van der Waals surface area contributed by atoms with Crippen LogP contribution in [0.2, 0.25) is 0 Å². The number of hydrogen-bond donors (Lipinski definition) is 0. The molecule has 0 aromatic carbocycles. The van der Waals surface area contributed by atoms with Crippen molar-refractivity contribution in [3.8, 4) is 0 Å². The lowest BCUT2D eigenvalue weighted by Crippen LogP contribution is -2.44. The van der Waals surface area contributed by atoms with Crippen LogP contribution in [0.25, 0.3) is 0 Å². The van der Waals surface area contributed by atoms with Crippen molar-refractivity contribution < 1.29 is 14.3 Å². The van der Waals surface area contributed by atoms with E-state index in [1.54, 1.807) is 13.2 Å². The molecule has 0 heterocycles. The van der Waals surface area contributed by atoms with Crippen LogP contribution in [-0.2, 0) is 14.3 Å². The van der Waals surface area contributed by atoms with E-state index in [4.69, 9.17) is 9.47 Å². The third-order valence-corrected chi connectivity index (χ3v) is 2.23. The Kier molecular flexibility index (Phi) is 6.13. The van der Waals surface area contributed by atoms with Crippen LogP contribution in [0.5, 0.6) is 0 Å². The van der Waals surface area contributed by atoms with Gasteiger partial charge in [0.25, 0.3) is 0 Å². The molecule has 3 nitrogen and oxygen atoms in total. The van der Waals surface area contributed by atoms with Crippen molar-refractivity contribution in [2.45, 2.75) is 31.5 Å². The molecule has 0 radical (unpaired) electrons. The van der Waals surface area contributed by atoms with Gasteiger partial charge in [-0.15, -0.1) is 5.73 Å². The van der Waals surface area contributed by atoms with Crippen LogP contribution >= 0.6 is 0 Å². The molecule has 0 amide bonds. The summed E-state index contributed by atoms with van der Waals surface area (Å²) >= 11 is 0. The summed E-state index contributed by atoms with van der Waals surface area (Å²) in [5, 5.41) is 0. The SMILES string of the molecule is C=C=CC(CCC)(OC)C(C=O)OC. The molecule has 0 aromatic heterocycles. The Morgan fingerprint density at radius 2 is 2.21 bits per heavy atom. The molecule has 0 saturated heterocycles. The maximum atomic E-state index is 10.8. The Hall–Kier alpha value is -0.890. The van der Waals surface area contributed by atoms with Crippen LogP contribution in [0.1, 0.15) is 19.8 Å². The maximum absolute atomic E-state index is 10.8. The Labute approximate surface area is 85.4 Å². The lowest BCUT2D eigenvalue weighted by molar-refractivity contribution is -0.134. The quantitative estimate of drug-likeness (QED) is 0.461. The van der Waals surface area contributed by atoms with Gasteiger partial charge in [0.05, 0.1) is 0 Å². The molecule has 0 aliphatic rings. The van der Waals surface area contributed by atoms with Gasteiger partial charge in [0.15, 0.2) is 6.29 Å². The Balaban J connectivity index is 4.97. The Morgan fingerprint density at radius 3 is 2.50 bits per heavy atom. The third kappa shape index (κ3) is 2.81. The smallest absolute Gasteiger partial charge is 0.152 e. The first kappa shape index (κ1) is 13.1. The predicted molar refractivity (Wildman–Crippen MR) is 55.2 cm³/mol. The van der Waals surface area contributed by atoms with E-state index in [0.717, 1.165) is 12.7 Å². The fraction of sp³-hybridized carbons (Fsp3) is 0.636. The summed E-state index contributed by atoms with van der Waals surface area (Å²) in [5.74, 6) is 0. The van der Waals surface area contributed by atoms with E-state index in [2.05, 4.69) is 12.3 Å². The maximum Gasteiger partial charge on any atom is 0.152 e. The zero-order valence-electron chi connectivity index (χ0n) is 9.08. The number of carbonyl (C=O) groups excluding carboxylic acids is 1. The van der Waals surface area contributed by atoms with Crippen molar-refractivity contribution >= 4 is 6.29 Å². The highest BCUT2D eigenvalue weighted by Gasteiger charge is 2.36. The number of carbonyl (C=O) groups is 1. The van der Waals surface area contributed by atoms with Crippen LogP contribution in [0.15, 0.2) is 18.4 Å². The molecule has 3 heteroatoms. The first-order valence-corrected chi connectivity index (χ1v) is 4.61. The summed E-state index contributed by atoms with van der Waals surface area (Å²) in [7, 11) is 3.04. The van der Waals surface area contributed by atoms with Gasteiger partial charge in [-0.1, -0.05) is 19.9 Å². The summed E-state index contributed by atoms with van der Waals surface area (Å²) in [6, 6.07) is 0. The molecule has 0 aliphatic heterocycles. The summed E-state index contributed by atoms with van der Waals surface area (Å²) in [6.45, 7) is 5.51. The highest BCUT2D eigenvalue weighted by atomic mass is 16.5. The molecule has 0 aromatic rings. The largest absolute Gasteiger partial charge is 0.371 e. The van der Waals surface area contributed by atoms with Crippen LogP contribution < -0.4 is 0 Å². The number of rotatable bonds is 7. The molecule has 80 valence electrons. The summed E-state index contributed by atoms with van der Waals surface area (Å²) in [4.78, 5) is 10.8. The molecule has 14 heavy (non-hydrogen) atoms. The van der Waals surface area contributed by atoms with Crippen LogP contribution in [0, 0.1) is 0 Å². The number of ether oxygens (including phenoxy) is 2. The molecule has 0 spiro atoms. The van der Waals surface area contributed by atoms with Gasteiger partial charge in [0.1, 0.15) is 11.7 Å². The van der Waals surface area contributed by atoms with E-state index >= 15 is 0 Å². The second-order valence-electron chi connectivity index (χ2n) is 3.05. The van der Waals surface area contributed by atoms with Crippen LogP contribution in [-0.4, -0.2) is 32.2 Å². The number of aldehydes is 1. The molecular formula is C11H18O3. The van der Waals surface area contributed by atoms with Gasteiger partial charge >= 0.3 is 0 Å². The van der Waals surface area contributed by atoms with Gasteiger partial charge in [0, 0.05) is 14.2 Å². The minimum atomic E-state index is -0.729. The van der Waals surface area contributed by atoms with Gasteiger partial charge in [0.2, 0.25) is 0 Å². The van der Waals surface area contributed by atoms with Crippen molar-refractivity contribution in [1.82, 2.24) is 0 Å². The van der Waals surface area contributed by atoms with Gasteiger partial charge in [-0.3, -0.25) is 0 Å². The Morgan fingerprint density at radius 1 is 1.57 bits per heavy atom. The van der Waals surface area contributed by atoms with E-state index in [0.29, 0.717) is 6.42 Å². The number of hydrogen-bond acceptors (Lipinski definition) is 3. The predicted octanol–water partition coefficient (Wildman–Crippen LogP) is 1.73. The van der Waals surface area contributed by atoms with E-state index in [9.17, 15) is 4.79 Å². The molecule has 2 atom stereocenters. The molecule has 0 rings (SSSR count). The van der Waals surface area contributed by atoms with Gasteiger partial charge in [-0.05, 0) is 12.5 Å². The van der Waals surface area contributed by atoms with Crippen molar-refractivity contribution in [1.29, 1.82) is 0 Å². The van der Waals surface area contributed by atoms with E-state index in [-0.39, 0.29) is 0 Å². The fourth-order valence-electron chi connectivity index (χ4n) is 1.51. The Bertz CT molecular complexity index is 219. The van der Waals surface area contributed by atoms with Crippen molar-refractivity contribution in [3.05, 3.63) is 18.4 Å². The molecule has 0 fully saturated rings. The molecule has 2 unspecified atom stereocenters. The minimum absolute atomic E-state index is 0.610. The summed E-state index contributed by atoms with van der Waals surface area (Å²) in [6.07, 6.45) is 3.37. The second kappa shape index (κ2) is 6.55. The fourth-order valence-corrected chi connectivity index (χ4v) is 1.51. The summed E-state index contributed by atoms with van der Waals surface area (Å²) < 4.78 is 10.4. The molecule has 0 saturated carbocycles. The van der Waals surface area contributed by atoms with E-state index in [1.807, 2.05) is 6.92 Å². The summed E-state index contributed by atoms with van der Waals surface area (Å²) in [5.41, 5.74) is 1.93. The third-order valence-electron chi connectivity index (χ3n) is 2.23. The molecule has 0 aliphatic carbocycles. The van der Waals surface area contributed by atoms with Crippen molar-refractivity contribution in [3.63, 3.8) is 0 Å². The highest BCUT2D eigenvalue weighted by molar-refractivity contribution is 5.59. The van der Waals surface area contributed by atoms with E-state index < -0.39 is 11.7 Å². The van der Waals surface area contributed by atoms with Crippen molar-refractivity contribution in [2.24, 2.45) is 0 Å². The average molecular weight is 198 g/mol. The first-order chi connectivity index (χ1) is 6.70. The minimum Gasteiger partial charge on any atom is -0.371 e. The van der Waals surface area contributed by atoms with Gasteiger partial charge in [-0.2, -0.15) is 0 Å². The zero-order chi connectivity index (χ0) is 11.0. The second-order valence-corrected chi connectivity index (χ2v) is 3.05. The lowest BCUT2D eigenvalue weighted by Gasteiger charge is -2.32. The average Bonchev–Trinajstić information content (AvgIpc) is 2.20. The molecule has 0 N–H and O–H groups in total. The van der Waals surface area contributed by atoms with Crippen LogP contribution in [0.4, 0.5) is 0 Å². The lowest BCUT2D eigenvalue weighted by atomic mass is 9.91. The number of methoxy groups -OCH3 is 2. The monoisotopic (exact) mass is 198 g/mol. The molecular weight excluding hydrogens is 180 g/mol. The molecule has 0 bridgehead atoms. The van der Waals surface area contributed by atoms with Crippen LogP contribution in [0.3, 0.4) is 0 Å².